The lowest BCUT2D eigenvalue weighted by Crippen LogP contribution is -2.42. The maximum atomic E-state index is 11.9. The van der Waals surface area contributed by atoms with Crippen molar-refractivity contribution < 1.29 is 14.3 Å². The molecule has 7 nitrogen and oxygen atoms in total. The van der Waals surface area contributed by atoms with Crippen LogP contribution in [0.4, 0.5) is 5.69 Å². The van der Waals surface area contributed by atoms with E-state index in [9.17, 15) is 9.59 Å². The molecule has 1 aliphatic rings. The molecule has 2 N–H and O–H groups in total. The Balaban J connectivity index is 1.91. The Labute approximate surface area is 135 Å². The van der Waals surface area contributed by atoms with E-state index in [1.54, 1.807) is 6.07 Å². The van der Waals surface area contributed by atoms with Gasteiger partial charge in [-0.25, -0.2) is 5.43 Å². The number of carbonyl (C=O) groups excluding carboxylic acids is 2. The quantitative estimate of drug-likeness (QED) is 0.622. The maximum Gasteiger partial charge on any atom is 0.254 e. The van der Waals surface area contributed by atoms with Crippen molar-refractivity contribution in [2.24, 2.45) is 5.10 Å². The summed E-state index contributed by atoms with van der Waals surface area (Å²) in [5.74, 6) is -0.278. The van der Waals surface area contributed by atoms with Crippen LogP contribution in [0.15, 0.2) is 29.4 Å². The van der Waals surface area contributed by atoms with E-state index in [0.29, 0.717) is 31.2 Å². The number of hydrogen-bond acceptors (Lipinski definition) is 5. The summed E-state index contributed by atoms with van der Waals surface area (Å²) in [6.45, 7) is 6.41. The molecule has 0 spiro atoms. The highest BCUT2D eigenvalue weighted by Crippen LogP contribution is 2.11. The molecule has 0 saturated carbocycles. The van der Waals surface area contributed by atoms with Crippen molar-refractivity contribution in [3.63, 3.8) is 0 Å². The average Bonchev–Trinajstić information content (AvgIpc) is 2.53. The van der Waals surface area contributed by atoms with Gasteiger partial charge < -0.3 is 10.1 Å². The number of benzene rings is 1. The van der Waals surface area contributed by atoms with Gasteiger partial charge in [-0.1, -0.05) is 12.1 Å². The van der Waals surface area contributed by atoms with Gasteiger partial charge in [0.1, 0.15) is 0 Å². The summed E-state index contributed by atoms with van der Waals surface area (Å²) in [4.78, 5) is 25.0. The van der Waals surface area contributed by atoms with Crippen molar-refractivity contribution >= 4 is 23.2 Å². The molecule has 7 heteroatoms. The van der Waals surface area contributed by atoms with E-state index in [1.165, 1.54) is 6.92 Å². The molecular weight excluding hydrogens is 296 g/mol. The fraction of sp³-hybridized carbons (Fsp3) is 0.438. The summed E-state index contributed by atoms with van der Waals surface area (Å²) in [5, 5.41) is 6.85. The number of morpholine rings is 1. The monoisotopic (exact) mass is 318 g/mol. The largest absolute Gasteiger partial charge is 0.379 e. The Hall–Kier alpha value is -2.25. The summed E-state index contributed by atoms with van der Waals surface area (Å²) < 4.78 is 5.25. The zero-order valence-corrected chi connectivity index (χ0v) is 13.5. The number of anilines is 1. The Morgan fingerprint density at radius 3 is 2.70 bits per heavy atom. The zero-order chi connectivity index (χ0) is 16.7. The molecule has 0 bridgehead atoms. The molecule has 1 aliphatic heterocycles. The van der Waals surface area contributed by atoms with Crippen molar-refractivity contribution in [3.05, 3.63) is 29.8 Å². The first-order chi connectivity index (χ1) is 11.0. The van der Waals surface area contributed by atoms with Crippen molar-refractivity contribution in [1.29, 1.82) is 0 Å². The molecule has 124 valence electrons. The predicted octanol–water partition coefficient (Wildman–Crippen LogP) is 0.817. The van der Waals surface area contributed by atoms with Gasteiger partial charge >= 0.3 is 0 Å². The van der Waals surface area contributed by atoms with Crippen LogP contribution in [-0.2, 0) is 14.3 Å². The van der Waals surface area contributed by atoms with E-state index in [2.05, 4.69) is 15.8 Å². The molecule has 2 rings (SSSR count). The smallest absolute Gasteiger partial charge is 0.254 e. The summed E-state index contributed by atoms with van der Waals surface area (Å²) in [7, 11) is 0. The average molecular weight is 318 g/mol. The molecule has 0 aliphatic carbocycles. The van der Waals surface area contributed by atoms with Crippen LogP contribution in [-0.4, -0.2) is 55.3 Å². The van der Waals surface area contributed by atoms with Gasteiger partial charge in [0.2, 0.25) is 5.91 Å². The third-order valence-electron chi connectivity index (χ3n) is 3.42. The third-order valence-corrected chi connectivity index (χ3v) is 3.42. The standard InChI is InChI=1S/C16H22N4O3/c1-12(14-4-3-5-15(10-14)17-13(2)21)18-19-16(22)11-20-6-8-23-9-7-20/h3-5,10H,6-9,11H2,1-2H3,(H,17,21)(H,19,22). The molecule has 0 unspecified atom stereocenters. The van der Waals surface area contributed by atoms with Crippen LogP contribution >= 0.6 is 0 Å². The topological polar surface area (TPSA) is 83.0 Å². The van der Waals surface area contributed by atoms with Crippen LogP contribution in [0.1, 0.15) is 19.4 Å². The normalized spacial score (nSPS) is 16.0. The first-order valence-electron chi connectivity index (χ1n) is 7.56. The van der Waals surface area contributed by atoms with Crippen LogP contribution in [0.25, 0.3) is 0 Å². The molecule has 0 aromatic heterocycles. The van der Waals surface area contributed by atoms with Gasteiger partial charge in [-0.05, 0) is 24.6 Å². The second-order valence-corrected chi connectivity index (χ2v) is 5.38. The fourth-order valence-corrected chi connectivity index (χ4v) is 2.23. The second kappa shape index (κ2) is 8.40. The Morgan fingerprint density at radius 1 is 1.26 bits per heavy atom. The lowest BCUT2D eigenvalue weighted by atomic mass is 10.1. The lowest BCUT2D eigenvalue weighted by molar-refractivity contribution is -0.123. The van der Waals surface area contributed by atoms with E-state index >= 15 is 0 Å². The fourth-order valence-electron chi connectivity index (χ4n) is 2.23. The van der Waals surface area contributed by atoms with Crippen LogP contribution < -0.4 is 10.7 Å². The van der Waals surface area contributed by atoms with E-state index in [0.717, 1.165) is 18.7 Å². The Morgan fingerprint density at radius 2 is 2.00 bits per heavy atom. The number of amides is 2. The van der Waals surface area contributed by atoms with Crippen molar-refractivity contribution in [3.8, 4) is 0 Å². The molecule has 0 radical (unpaired) electrons. The second-order valence-electron chi connectivity index (χ2n) is 5.38. The number of hydrazone groups is 1. The molecule has 0 atom stereocenters. The SMILES string of the molecule is CC(=O)Nc1cccc(C(C)=NNC(=O)CN2CCOCC2)c1. The van der Waals surface area contributed by atoms with Gasteiger partial charge in [0.15, 0.2) is 0 Å². The summed E-state index contributed by atoms with van der Waals surface area (Å²) in [6.07, 6.45) is 0. The van der Waals surface area contributed by atoms with Gasteiger partial charge in [-0.3, -0.25) is 14.5 Å². The number of hydrogen-bond donors (Lipinski definition) is 2. The van der Waals surface area contributed by atoms with Crippen molar-refractivity contribution in [1.82, 2.24) is 10.3 Å². The number of carbonyl (C=O) groups is 2. The lowest BCUT2D eigenvalue weighted by Gasteiger charge is -2.25. The van der Waals surface area contributed by atoms with Gasteiger partial charge in [0.05, 0.1) is 25.5 Å². The molecule has 1 fully saturated rings. The molecule has 1 aromatic rings. The highest BCUT2D eigenvalue weighted by molar-refractivity contribution is 6.00. The van der Waals surface area contributed by atoms with Crippen LogP contribution in [0.2, 0.25) is 0 Å². The van der Waals surface area contributed by atoms with Crippen molar-refractivity contribution in [2.75, 3.05) is 38.2 Å². The minimum absolute atomic E-state index is 0.129. The maximum absolute atomic E-state index is 11.9. The number of rotatable bonds is 5. The zero-order valence-electron chi connectivity index (χ0n) is 13.5. The van der Waals surface area contributed by atoms with Gasteiger partial charge in [0, 0.05) is 25.7 Å². The molecule has 1 heterocycles. The van der Waals surface area contributed by atoms with E-state index in [1.807, 2.05) is 30.0 Å². The molecular formula is C16H22N4O3. The minimum Gasteiger partial charge on any atom is -0.379 e. The van der Waals surface area contributed by atoms with Crippen LogP contribution in [0, 0.1) is 0 Å². The molecule has 1 aromatic carbocycles. The van der Waals surface area contributed by atoms with Gasteiger partial charge in [-0.15, -0.1) is 0 Å². The third kappa shape index (κ3) is 5.80. The highest BCUT2D eigenvalue weighted by atomic mass is 16.5. The number of ether oxygens (including phenoxy) is 1. The van der Waals surface area contributed by atoms with E-state index in [-0.39, 0.29) is 11.8 Å². The minimum atomic E-state index is -0.149. The first kappa shape index (κ1) is 17.1. The molecule has 1 saturated heterocycles. The number of nitrogens with zero attached hydrogens (tertiary/aromatic N) is 2. The predicted molar refractivity (Wildman–Crippen MR) is 88.4 cm³/mol. The Kier molecular flexibility index (Phi) is 6.25. The summed E-state index contributed by atoms with van der Waals surface area (Å²) in [6, 6.07) is 7.32. The Bertz CT molecular complexity index is 595. The van der Waals surface area contributed by atoms with Gasteiger partial charge in [-0.2, -0.15) is 5.10 Å². The van der Waals surface area contributed by atoms with E-state index in [4.69, 9.17) is 4.74 Å². The summed E-state index contributed by atoms with van der Waals surface area (Å²) >= 11 is 0. The van der Waals surface area contributed by atoms with Crippen LogP contribution in [0.3, 0.4) is 0 Å². The number of nitrogens with one attached hydrogen (secondary N) is 2. The summed E-state index contributed by atoms with van der Waals surface area (Å²) in [5.41, 5.74) is 4.78. The first-order valence-corrected chi connectivity index (χ1v) is 7.56. The van der Waals surface area contributed by atoms with Gasteiger partial charge in [0.25, 0.3) is 5.91 Å². The van der Waals surface area contributed by atoms with E-state index < -0.39 is 0 Å². The van der Waals surface area contributed by atoms with Crippen LogP contribution in [0.5, 0.6) is 0 Å². The highest BCUT2D eigenvalue weighted by Gasteiger charge is 2.13. The molecule has 2 amide bonds. The van der Waals surface area contributed by atoms with Crippen molar-refractivity contribution in [2.45, 2.75) is 13.8 Å². The molecule has 23 heavy (non-hydrogen) atoms.